The van der Waals surface area contributed by atoms with Gasteiger partial charge in [0, 0.05) is 61.1 Å². The molecule has 46 heavy (non-hydrogen) atoms. The van der Waals surface area contributed by atoms with Gasteiger partial charge in [0.2, 0.25) is 5.91 Å². The Morgan fingerprint density at radius 3 is 2.28 bits per heavy atom. The van der Waals surface area contributed by atoms with Crippen LogP contribution in [-0.4, -0.2) is 67.7 Å². The van der Waals surface area contributed by atoms with Crippen LogP contribution in [0.4, 0.5) is 0 Å². The van der Waals surface area contributed by atoms with Gasteiger partial charge in [0.25, 0.3) is 0 Å². The van der Waals surface area contributed by atoms with E-state index in [4.69, 9.17) is 19.3 Å². The number of aromatic nitrogens is 2. The number of carbonyl (C=O) groups is 1. The zero-order valence-corrected chi connectivity index (χ0v) is 27.0. The maximum Gasteiger partial charge on any atom is 0.221 e. The second-order valence-corrected chi connectivity index (χ2v) is 12.5. The number of nitrogens with zero attached hydrogens (tertiary/aromatic N) is 3. The fraction of sp³-hybridized carbons (Fsp3) is 0.297. The lowest BCUT2D eigenvalue weighted by molar-refractivity contribution is -0.121. The molecular weight excluding hydrogens is 596 g/mol. The van der Waals surface area contributed by atoms with E-state index >= 15 is 0 Å². The smallest absolute Gasteiger partial charge is 0.221 e. The molecule has 1 saturated heterocycles. The lowest BCUT2D eigenvalue weighted by Crippen LogP contribution is -2.38. The molecule has 2 aromatic heterocycles. The van der Waals surface area contributed by atoms with Crippen LogP contribution in [-0.2, 0) is 22.5 Å². The monoisotopic (exact) mass is 634 g/mol. The summed E-state index contributed by atoms with van der Waals surface area (Å²) in [6.07, 6.45) is 1.29. The summed E-state index contributed by atoms with van der Waals surface area (Å²) in [6, 6.07) is 25.0. The largest absolute Gasteiger partial charge is 0.497 e. The van der Waals surface area contributed by atoms with Crippen molar-refractivity contribution in [2.24, 2.45) is 0 Å². The average Bonchev–Trinajstić information content (AvgIpc) is 3.85. The SMILES string of the molecule is COc1ccc(C(c2ccc(OC)cc2)n2nc(-c3ccsc3)c3c2-c2cc(CNC(=O)CCN4CCOCC4)ccc2C3)cc1. The minimum absolute atomic E-state index is 0.0662. The van der Waals surface area contributed by atoms with Crippen molar-refractivity contribution in [3.63, 3.8) is 0 Å². The van der Waals surface area contributed by atoms with E-state index in [9.17, 15) is 4.79 Å². The summed E-state index contributed by atoms with van der Waals surface area (Å²) in [5.41, 5.74) is 10.2. The number of nitrogens with one attached hydrogen (secondary N) is 1. The number of thiophene rings is 1. The summed E-state index contributed by atoms with van der Waals surface area (Å²) in [7, 11) is 3.37. The highest BCUT2D eigenvalue weighted by Crippen LogP contribution is 2.45. The summed E-state index contributed by atoms with van der Waals surface area (Å²) >= 11 is 1.68. The molecule has 236 valence electrons. The predicted molar refractivity (Wildman–Crippen MR) is 181 cm³/mol. The van der Waals surface area contributed by atoms with Crippen LogP contribution in [0.3, 0.4) is 0 Å². The molecule has 0 spiro atoms. The summed E-state index contributed by atoms with van der Waals surface area (Å²) in [5.74, 6) is 1.68. The summed E-state index contributed by atoms with van der Waals surface area (Å²) < 4.78 is 18.6. The van der Waals surface area contributed by atoms with E-state index in [2.05, 4.69) is 74.2 Å². The maximum atomic E-state index is 12.8. The Balaban J connectivity index is 1.25. The molecule has 8 nitrogen and oxygen atoms in total. The van der Waals surface area contributed by atoms with Crippen molar-refractivity contribution >= 4 is 17.2 Å². The molecule has 9 heteroatoms. The molecule has 0 radical (unpaired) electrons. The van der Waals surface area contributed by atoms with Gasteiger partial charge in [0.05, 0.1) is 38.8 Å². The molecule has 0 bridgehead atoms. The number of amides is 1. The van der Waals surface area contributed by atoms with Crippen LogP contribution < -0.4 is 14.8 Å². The lowest BCUT2D eigenvalue weighted by atomic mass is 9.97. The van der Waals surface area contributed by atoms with Gasteiger partial charge in [-0.25, -0.2) is 0 Å². The van der Waals surface area contributed by atoms with E-state index in [0.29, 0.717) is 13.0 Å². The molecule has 3 heterocycles. The summed E-state index contributed by atoms with van der Waals surface area (Å²) in [6.45, 7) is 4.48. The van der Waals surface area contributed by atoms with Crippen molar-refractivity contribution in [1.29, 1.82) is 0 Å². The van der Waals surface area contributed by atoms with Gasteiger partial charge in [0.1, 0.15) is 17.5 Å². The highest BCUT2D eigenvalue weighted by atomic mass is 32.1. The number of carbonyl (C=O) groups excluding carboxylic acids is 1. The predicted octanol–water partition coefficient (Wildman–Crippen LogP) is 6.18. The van der Waals surface area contributed by atoms with Gasteiger partial charge in [-0.05, 0) is 64.0 Å². The minimum atomic E-state index is -0.188. The van der Waals surface area contributed by atoms with Crippen LogP contribution >= 0.6 is 11.3 Å². The molecule has 7 rings (SSSR count). The Labute approximate surface area is 273 Å². The summed E-state index contributed by atoms with van der Waals surface area (Å²) in [4.78, 5) is 15.1. The van der Waals surface area contributed by atoms with Crippen molar-refractivity contribution in [3.05, 3.63) is 111 Å². The first-order valence-corrected chi connectivity index (χ1v) is 16.7. The Kier molecular flexibility index (Phi) is 8.87. The molecule has 1 N–H and O–H groups in total. The van der Waals surface area contributed by atoms with Gasteiger partial charge in [-0.3, -0.25) is 14.4 Å². The van der Waals surface area contributed by atoms with E-state index in [0.717, 1.165) is 90.0 Å². The van der Waals surface area contributed by atoms with Gasteiger partial charge in [-0.2, -0.15) is 16.4 Å². The second-order valence-electron chi connectivity index (χ2n) is 11.7. The minimum Gasteiger partial charge on any atom is -0.497 e. The first-order valence-electron chi connectivity index (χ1n) is 15.7. The van der Waals surface area contributed by atoms with Gasteiger partial charge in [-0.15, -0.1) is 0 Å². The number of hydrogen-bond donors (Lipinski definition) is 1. The molecule has 3 aromatic carbocycles. The Hall–Kier alpha value is -4.44. The van der Waals surface area contributed by atoms with Crippen LogP contribution in [0.5, 0.6) is 11.5 Å². The number of benzene rings is 3. The zero-order chi connectivity index (χ0) is 31.5. The third-order valence-electron chi connectivity index (χ3n) is 8.96. The van der Waals surface area contributed by atoms with Crippen LogP contribution in [0, 0.1) is 0 Å². The molecule has 1 amide bonds. The normalized spacial score (nSPS) is 14.2. The van der Waals surface area contributed by atoms with E-state index in [1.165, 1.54) is 11.1 Å². The molecule has 1 aliphatic heterocycles. The first kappa shape index (κ1) is 30.2. The Morgan fingerprint density at radius 2 is 1.65 bits per heavy atom. The van der Waals surface area contributed by atoms with Gasteiger partial charge < -0.3 is 19.5 Å². The fourth-order valence-electron chi connectivity index (χ4n) is 6.46. The average molecular weight is 635 g/mol. The number of hydrogen-bond acceptors (Lipinski definition) is 7. The quantitative estimate of drug-likeness (QED) is 0.184. The molecule has 0 atom stereocenters. The van der Waals surface area contributed by atoms with Crippen LogP contribution in [0.25, 0.3) is 22.5 Å². The number of fused-ring (bicyclic) bond motifs is 3. The van der Waals surface area contributed by atoms with Crippen molar-refractivity contribution in [1.82, 2.24) is 20.0 Å². The zero-order valence-electron chi connectivity index (χ0n) is 26.2. The molecule has 1 fully saturated rings. The Morgan fingerprint density at radius 1 is 0.957 bits per heavy atom. The van der Waals surface area contributed by atoms with Gasteiger partial charge >= 0.3 is 0 Å². The topological polar surface area (TPSA) is 77.8 Å². The van der Waals surface area contributed by atoms with Crippen LogP contribution in [0.1, 0.15) is 40.3 Å². The number of methoxy groups -OCH3 is 2. The molecule has 5 aromatic rings. The number of morpholine rings is 1. The highest BCUT2D eigenvalue weighted by Gasteiger charge is 2.32. The maximum absolute atomic E-state index is 12.8. The molecule has 2 aliphatic rings. The van der Waals surface area contributed by atoms with Crippen LogP contribution in [0.2, 0.25) is 0 Å². The van der Waals surface area contributed by atoms with E-state index in [1.807, 2.05) is 24.3 Å². The third-order valence-corrected chi connectivity index (χ3v) is 9.64. The standard InChI is InChI=1S/C37H38N4O4S/c1-43-30-9-5-26(6-10-30)36(27-7-11-31(44-2)12-8-27)41-37-32-21-25(23-38-34(42)13-15-40-16-18-45-19-17-40)3-4-28(32)22-33(37)35(39-41)29-14-20-46-24-29/h3-12,14,20-21,24,36H,13,15-19,22-23H2,1-2H3,(H,38,42). The van der Waals surface area contributed by atoms with Crippen molar-refractivity contribution < 1.29 is 19.0 Å². The lowest BCUT2D eigenvalue weighted by Gasteiger charge is -2.26. The molecule has 0 unspecified atom stereocenters. The third kappa shape index (κ3) is 6.18. The Bertz CT molecular complexity index is 1750. The van der Waals surface area contributed by atoms with E-state index in [-0.39, 0.29) is 11.9 Å². The number of ether oxygens (including phenoxy) is 3. The van der Waals surface area contributed by atoms with E-state index < -0.39 is 0 Å². The van der Waals surface area contributed by atoms with Crippen LogP contribution in [0.15, 0.2) is 83.6 Å². The van der Waals surface area contributed by atoms with Crippen molar-refractivity contribution in [2.75, 3.05) is 47.1 Å². The molecular formula is C37H38N4O4S. The summed E-state index contributed by atoms with van der Waals surface area (Å²) in [5, 5.41) is 12.8. The van der Waals surface area contributed by atoms with Gasteiger partial charge in [-0.1, -0.05) is 36.4 Å². The van der Waals surface area contributed by atoms with Gasteiger partial charge in [0.15, 0.2) is 0 Å². The molecule has 1 aliphatic carbocycles. The first-order chi connectivity index (χ1) is 22.6. The molecule has 0 saturated carbocycles. The van der Waals surface area contributed by atoms with Crippen molar-refractivity contribution in [3.8, 4) is 34.0 Å². The number of rotatable bonds is 11. The van der Waals surface area contributed by atoms with E-state index in [1.54, 1.807) is 25.6 Å². The highest BCUT2D eigenvalue weighted by molar-refractivity contribution is 7.08. The second kappa shape index (κ2) is 13.5. The fourth-order valence-corrected chi connectivity index (χ4v) is 7.10. The van der Waals surface area contributed by atoms with Crippen molar-refractivity contribution in [2.45, 2.75) is 25.4 Å².